The van der Waals surface area contributed by atoms with Gasteiger partial charge in [0, 0.05) is 56.9 Å². The zero-order valence-electron chi connectivity index (χ0n) is 17.6. The summed E-state index contributed by atoms with van der Waals surface area (Å²) in [5.41, 5.74) is 7.00. The molecule has 1 aromatic carbocycles. The minimum atomic E-state index is -0.514. The van der Waals surface area contributed by atoms with Crippen LogP contribution in [0.2, 0.25) is 0 Å². The molecule has 0 unspecified atom stereocenters. The fraction of sp³-hybridized carbons (Fsp3) is 0.478. The molecule has 2 aliphatic rings. The smallest absolute Gasteiger partial charge is 0.225 e. The van der Waals surface area contributed by atoms with Crippen molar-refractivity contribution in [3.05, 3.63) is 59.3 Å². The summed E-state index contributed by atoms with van der Waals surface area (Å²) >= 11 is 0. The van der Waals surface area contributed by atoms with E-state index in [1.54, 1.807) is 6.20 Å². The van der Waals surface area contributed by atoms with Gasteiger partial charge in [-0.3, -0.25) is 14.6 Å². The lowest BCUT2D eigenvalue weighted by molar-refractivity contribution is -0.139. The molecule has 2 fully saturated rings. The Morgan fingerprint density at radius 3 is 2.26 bits per heavy atom. The number of aromatic nitrogens is 1. The number of nitrogen functional groups attached to an aromatic ring is 1. The van der Waals surface area contributed by atoms with Crippen molar-refractivity contribution >= 4 is 11.7 Å². The number of anilines is 1. The van der Waals surface area contributed by atoms with Gasteiger partial charge in [-0.05, 0) is 55.8 Å². The van der Waals surface area contributed by atoms with Gasteiger partial charge >= 0.3 is 0 Å². The van der Waals surface area contributed by atoms with E-state index in [0.29, 0.717) is 32.0 Å². The number of nitrogens with zero attached hydrogens (tertiary/aromatic N) is 4. The van der Waals surface area contributed by atoms with E-state index in [1.807, 2.05) is 21.9 Å². The third-order valence-corrected chi connectivity index (χ3v) is 6.32. The largest absolute Gasteiger partial charge is 0.384 e. The van der Waals surface area contributed by atoms with Crippen molar-refractivity contribution in [2.24, 2.45) is 5.92 Å². The van der Waals surface area contributed by atoms with Crippen molar-refractivity contribution in [3.8, 4) is 0 Å². The van der Waals surface area contributed by atoms with Gasteiger partial charge in [-0.1, -0.05) is 6.07 Å². The minimum absolute atomic E-state index is 0.0503. The molecular formula is C23H29F2N5O. The second-order valence-corrected chi connectivity index (χ2v) is 8.44. The number of amides is 1. The van der Waals surface area contributed by atoms with Crippen LogP contribution in [-0.4, -0.2) is 64.9 Å². The Morgan fingerprint density at radius 1 is 0.968 bits per heavy atom. The van der Waals surface area contributed by atoms with Gasteiger partial charge in [0.25, 0.3) is 0 Å². The average Bonchev–Trinajstić information content (AvgIpc) is 2.77. The lowest BCUT2D eigenvalue weighted by Gasteiger charge is -2.38. The van der Waals surface area contributed by atoms with Crippen LogP contribution in [0.1, 0.15) is 24.0 Å². The van der Waals surface area contributed by atoms with Gasteiger partial charge in [0.2, 0.25) is 5.91 Å². The molecule has 0 bridgehead atoms. The molecule has 6 nitrogen and oxygen atoms in total. The standard InChI is InChI=1S/C23H29F2N5O/c24-20-2-1-3-21(25)19(20)16-29-10-12-30(13-11-29)23(31)18-5-8-28(9-6-18)15-17-4-7-27-22(26)14-17/h1-4,7,14,18H,5-6,8-13,15-16H2,(H2,26,27). The van der Waals surface area contributed by atoms with Gasteiger partial charge < -0.3 is 10.6 Å². The highest BCUT2D eigenvalue weighted by Crippen LogP contribution is 2.23. The van der Waals surface area contributed by atoms with Crippen LogP contribution in [0.3, 0.4) is 0 Å². The topological polar surface area (TPSA) is 65.7 Å². The summed E-state index contributed by atoms with van der Waals surface area (Å²) in [4.78, 5) is 23.3. The molecule has 0 aliphatic carbocycles. The van der Waals surface area contributed by atoms with Crippen LogP contribution < -0.4 is 5.73 Å². The highest BCUT2D eigenvalue weighted by molar-refractivity contribution is 5.79. The number of halogens is 2. The van der Waals surface area contributed by atoms with E-state index in [1.165, 1.54) is 18.2 Å². The zero-order chi connectivity index (χ0) is 21.8. The van der Waals surface area contributed by atoms with E-state index < -0.39 is 11.6 Å². The molecule has 2 aromatic rings. The first-order valence-electron chi connectivity index (χ1n) is 10.9. The molecule has 2 aliphatic heterocycles. The number of pyridine rings is 1. The first-order chi connectivity index (χ1) is 15.0. The van der Waals surface area contributed by atoms with Gasteiger partial charge in [-0.15, -0.1) is 0 Å². The molecule has 8 heteroatoms. The molecule has 2 saturated heterocycles. The Balaban J connectivity index is 1.23. The molecule has 3 heterocycles. The van der Waals surface area contributed by atoms with Crippen molar-refractivity contribution in [2.75, 3.05) is 45.0 Å². The maximum absolute atomic E-state index is 13.9. The molecule has 1 amide bonds. The summed E-state index contributed by atoms with van der Waals surface area (Å²) in [6, 6.07) is 7.81. The van der Waals surface area contributed by atoms with Crippen LogP contribution in [0.15, 0.2) is 36.5 Å². The van der Waals surface area contributed by atoms with Crippen LogP contribution in [-0.2, 0) is 17.9 Å². The minimum Gasteiger partial charge on any atom is -0.384 e. The molecule has 4 rings (SSSR count). The van der Waals surface area contributed by atoms with Gasteiger partial charge in [-0.25, -0.2) is 13.8 Å². The lowest BCUT2D eigenvalue weighted by atomic mass is 9.94. The maximum atomic E-state index is 13.9. The van der Waals surface area contributed by atoms with Crippen LogP contribution in [0.5, 0.6) is 0 Å². The fourth-order valence-corrected chi connectivity index (χ4v) is 4.48. The SMILES string of the molecule is Nc1cc(CN2CCC(C(=O)N3CCN(Cc4c(F)cccc4F)CC3)CC2)ccn1. The van der Waals surface area contributed by atoms with Crippen molar-refractivity contribution in [1.29, 1.82) is 0 Å². The van der Waals surface area contributed by atoms with Gasteiger partial charge in [0.15, 0.2) is 0 Å². The Labute approximate surface area is 181 Å². The van der Waals surface area contributed by atoms with E-state index in [0.717, 1.165) is 38.0 Å². The first-order valence-corrected chi connectivity index (χ1v) is 10.9. The van der Waals surface area contributed by atoms with E-state index in [-0.39, 0.29) is 23.9 Å². The van der Waals surface area contributed by atoms with Crippen LogP contribution in [0.4, 0.5) is 14.6 Å². The van der Waals surface area contributed by atoms with E-state index in [9.17, 15) is 13.6 Å². The summed E-state index contributed by atoms with van der Waals surface area (Å²) in [7, 11) is 0. The first kappa shape index (κ1) is 21.6. The summed E-state index contributed by atoms with van der Waals surface area (Å²) in [6.07, 6.45) is 3.42. The maximum Gasteiger partial charge on any atom is 0.225 e. The van der Waals surface area contributed by atoms with Crippen LogP contribution in [0.25, 0.3) is 0 Å². The highest BCUT2D eigenvalue weighted by Gasteiger charge is 2.30. The number of hydrogen-bond donors (Lipinski definition) is 1. The highest BCUT2D eigenvalue weighted by atomic mass is 19.1. The third kappa shape index (κ3) is 5.37. The third-order valence-electron chi connectivity index (χ3n) is 6.32. The van der Waals surface area contributed by atoms with Crippen molar-refractivity contribution in [3.63, 3.8) is 0 Å². The number of piperazine rings is 1. The molecule has 0 spiro atoms. The predicted molar refractivity (Wildman–Crippen MR) is 115 cm³/mol. The van der Waals surface area contributed by atoms with Gasteiger partial charge in [0.05, 0.1) is 0 Å². The number of carbonyl (C=O) groups is 1. The number of hydrogen-bond acceptors (Lipinski definition) is 5. The van der Waals surface area contributed by atoms with E-state index in [4.69, 9.17) is 5.73 Å². The number of carbonyl (C=O) groups excluding carboxylic acids is 1. The number of rotatable bonds is 5. The molecule has 0 radical (unpaired) electrons. The number of likely N-dealkylation sites (tertiary alicyclic amines) is 1. The van der Waals surface area contributed by atoms with Crippen molar-refractivity contribution in [1.82, 2.24) is 19.7 Å². The van der Waals surface area contributed by atoms with E-state index >= 15 is 0 Å². The van der Waals surface area contributed by atoms with E-state index in [2.05, 4.69) is 9.88 Å². The summed E-state index contributed by atoms with van der Waals surface area (Å²) in [6.45, 7) is 5.27. The lowest BCUT2D eigenvalue weighted by Crippen LogP contribution is -2.51. The van der Waals surface area contributed by atoms with Crippen LogP contribution in [0, 0.1) is 17.6 Å². The second-order valence-electron chi connectivity index (χ2n) is 8.44. The zero-order valence-corrected chi connectivity index (χ0v) is 17.6. The average molecular weight is 430 g/mol. The molecule has 166 valence electrons. The fourth-order valence-electron chi connectivity index (χ4n) is 4.48. The van der Waals surface area contributed by atoms with Gasteiger partial charge in [0.1, 0.15) is 17.5 Å². The quantitative estimate of drug-likeness (QED) is 0.791. The number of benzene rings is 1. The summed E-state index contributed by atoms with van der Waals surface area (Å²) in [5, 5.41) is 0. The molecule has 0 atom stereocenters. The predicted octanol–water partition coefficient (Wildman–Crippen LogP) is 2.50. The molecule has 0 saturated carbocycles. The Morgan fingerprint density at radius 2 is 1.61 bits per heavy atom. The molecule has 31 heavy (non-hydrogen) atoms. The normalized spacial score (nSPS) is 19.0. The molecule has 1 aromatic heterocycles. The summed E-state index contributed by atoms with van der Waals surface area (Å²) in [5.74, 6) is -0.238. The monoisotopic (exact) mass is 429 g/mol. The molecule has 2 N–H and O–H groups in total. The Hall–Kier alpha value is -2.58. The summed E-state index contributed by atoms with van der Waals surface area (Å²) < 4.78 is 27.8. The van der Waals surface area contributed by atoms with Crippen molar-refractivity contribution < 1.29 is 13.6 Å². The van der Waals surface area contributed by atoms with Gasteiger partial charge in [-0.2, -0.15) is 0 Å². The number of piperidine rings is 1. The van der Waals surface area contributed by atoms with Crippen molar-refractivity contribution in [2.45, 2.75) is 25.9 Å². The Bertz CT molecular complexity index is 888. The Kier molecular flexibility index (Phi) is 6.77. The second kappa shape index (κ2) is 9.70. The molecular weight excluding hydrogens is 400 g/mol. The number of nitrogens with two attached hydrogens (primary N) is 1. The van der Waals surface area contributed by atoms with Crippen LogP contribution >= 0.6 is 0 Å².